The maximum Gasteiger partial charge on any atom is 0.275 e. The van der Waals surface area contributed by atoms with Crippen LogP contribution in [0.5, 0.6) is 0 Å². The molecule has 0 spiro atoms. The zero-order valence-electron chi connectivity index (χ0n) is 17.6. The number of aromatic nitrogens is 4. The van der Waals surface area contributed by atoms with E-state index in [1.807, 2.05) is 35.8 Å². The summed E-state index contributed by atoms with van der Waals surface area (Å²) in [6.07, 6.45) is 8.85. The Morgan fingerprint density at radius 1 is 1.28 bits per heavy atom. The summed E-state index contributed by atoms with van der Waals surface area (Å²) in [4.78, 5) is 31.1. The van der Waals surface area contributed by atoms with Crippen molar-refractivity contribution in [2.24, 2.45) is 10.9 Å². The molecule has 6 rings (SSSR count). The third kappa shape index (κ3) is 3.25. The van der Waals surface area contributed by atoms with Crippen LogP contribution in [0.3, 0.4) is 0 Å². The van der Waals surface area contributed by atoms with Crippen LogP contribution >= 0.6 is 0 Å². The van der Waals surface area contributed by atoms with Crippen LogP contribution in [0.4, 0.5) is 17.5 Å². The smallest absolute Gasteiger partial charge is 0.275 e. The van der Waals surface area contributed by atoms with Gasteiger partial charge in [0.2, 0.25) is 0 Å². The van der Waals surface area contributed by atoms with E-state index in [-0.39, 0.29) is 30.4 Å². The molecule has 3 aromatic rings. The Hall–Kier alpha value is -3.59. The van der Waals surface area contributed by atoms with E-state index >= 15 is 0 Å². The standard InChI is InChI=1S/C23H23N7O2/c1-12-2-7-17-16(8-12)18(22(32)26-17)27-23-28-20(25-14-4-5-14)19-21(29-23)30(11-24-19)15-6-3-13(9-15)10-31/h2-3,6-8,11,13-15,31H,4-5,9-10H2,1H3,(H2,25,26,27,28,29,32)/t13-,15+/m1/s1. The number of hydrogen-bond donors (Lipinski definition) is 3. The first kappa shape index (κ1) is 19.1. The average molecular weight is 429 g/mol. The van der Waals surface area contributed by atoms with Crippen LogP contribution in [-0.4, -0.2) is 48.9 Å². The highest BCUT2D eigenvalue weighted by molar-refractivity contribution is 6.54. The number of benzene rings is 1. The van der Waals surface area contributed by atoms with E-state index in [0.29, 0.717) is 28.7 Å². The summed E-state index contributed by atoms with van der Waals surface area (Å²) in [6, 6.07) is 6.21. The lowest BCUT2D eigenvalue weighted by Gasteiger charge is -2.13. The van der Waals surface area contributed by atoms with Crippen molar-refractivity contribution in [3.05, 3.63) is 47.8 Å². The molecule has 1 amide bonds. The van der Waals surface area contributed by atoms with Gasteiger partial charge in [0.05, 0.1) is 18.1 Å². The van der Waals surface area contributed by atoms with Crippen LogP contribution in [0.15, 0.2) is 41.7 Å². The van der Waals surface area contributed by atoms with Gasteiger partial charge >= 0.3 is 0 Å². The summed E-state index contributed by atoms with van der Waals surface area (Å²) in [5, 5.41) is 15.8. The van der Waals surface area contributed by atoms with Crippen molar-refractivity contribution < 1.29 is 9.90 Å². The second kappa shape index (κ2) is 7.23. The summed E-state index contributed by atoms with van der Waals surface area (Å²) < 4.78 is 2.00. The Morgan fingerprint density at radius 2 is 2.16 bits per heavy atom. The number of imidazole rings is 1. The highest BCUT2D eigenvalue weighted by Crippen LogP contribution is 2.34. The van der Waals surface area contributed by atoms with Gasteiger partial charge in [-0.2, -0.15) is 9.97 Å². The quantitative estimate of drug-likeness (QED) is 0.537. The van der Waals surface area contributed by atoms with Gasteiger partial charge in [-0.3, -0.25) is 4.79 Å². The molecule has 162 valence electrons. The number of amides is 1. The predicted molar refractivity (Wildman–Crippen MR) is 121 cm³/mol. The van der Waals surface area contributed by atoms with Crippen molar-refractivity contribution in [2.45, 2.75) is 38.3 Å². The number of aryl methyl sites for hydroxylation is 1. The van der Waals surface area contributed by atoms with Crippen molar-refractivity contribution >= 4 is 40.2 Å². The van der Waals surface area contributed by atoms with Gasteiger partial charge in [0, 0.05) is 24.1 Å². The minimum absolute atomic E-state index is 0.0551. The maximum atomic E-state index is 12.6. The van der Waals surface area contributed by atoms with E-state index in [9.17, 15) is 9.90 Å². The topological polar surface area (TPSA) is 117 Å². The Morgan fingerprint density at radius 3 is 2.94 bits per heavy atom. The molecule has 1 aromatic carbocycles. The zero-order chi connectivity index (χ0) is 21.8. The molecule has 3 heterocycles. The van der Waals surface area contributed by atoms with Gasteiger partial charge in [-0.25, -0.2) is 9.98 Å². The number of rotatable bonds is 5. The van der Waals surface area contributed by atoms with Gasteiger partial charge in [0.1, 0.15) is 5.71 Å². The fourth-order valence-corrected chi connectivity index (χ4v) is 4.29. The molecular formula is C23H23N7O2. The number of allylic oxidation sites excluding steroid dienone is 1. The van der Waals surface area contributed by atoms with Crippen LogP contribution in [-0.2, 0) is 4.79 Å². The summed E-state index contributed by atoms with van der Waals surface area (Å²) in [7, 11) is 0. The van der Waals surface area contributed by atoms with E-state index < -0.39 is 0 Å². The van der Waals surface area contributed by atoms with Crippen molar-refractivity contribution in [3.8, 4) is 0 Å². The SMILES string of the molecule is Cc1ccc2c(c1)/C(=N/c1nc(NC3CC3)c3ncn([C@H]4C=C[C@@H](CO)C4)c3n1)C(=O)N2. The summed E-state index contributed by atoms with van der Waals surface area (Å²) in [6.45, 7) is 2.10. The number of aliphatic hydroxyl groups excluding tert-OH is 1. The molecule has 0 unspecified atom stereocenters. The maximum absolute atomic E-state index is 12.6. The molecule has 3 aliphatic rings. The number of fused-ring (bicyclic) bond motifs is 2. The van der Waals surface area contributed by atoms with E-state index in [1.54, 1.807) is 6.33 Å². The normalized spacial score (nSPS) is 23.2. The highest BCUT2D eigenvalue weighted by atomic mass is 16.3. The van der Waals surface area contributed by atoms with Gasteiger partial charge in [-0.05, 0) is 38.3 Å². The number of nitrogens with one attached hydrogen (secondary N) is 2. The molecular weight excluding hydrogens is 406 g/mol. The van der Waals surface area contributed by atoms with Crippen LogP contribution in [0.25, 0.3) is 11.2 Å². The molecule has 2 aliphatic carbocycles. The summed E-state index contributed by atoms with van der Waals surface area (Å²) in [5.74, 6) is 0.732. The Kier molecular flexibility index (Phi) is 4.32. The Labute approximate surface area is 184 Å². The third-order valence-corrected chi connectivity index (χ3v) is 6.17. The minimum atomic E-state index is -0.260. The number of aliphatic imine (C=N–C) groups is 1. The number of aliphatic hydroxyl groups is 1. The second-order valence-corrected chi connectivity index (χ2v) is 8.71. The fraction of sp³-hybridized carbons (Fsp3) is 0.348. The van der Waals surface area contributed by atoms with E-state index in [0.717, 1.165) is 36.1 Å². The molecule has 2 aromatic heterocycles. The average Bonchev–Trinajstić information content (AvgIpc) is 3.18. The lowest BCUT2D eigenvalue weighted by atomic mass is 10.1. The van der Waals surface area contributed by atoms with Crippen LogP contribution in [0, 0.1) is 12.8 Å². The van der Waals surface area contributed by atoms with E-state index in [1.165, 1.54) is 0 Å². The molecule has 1 fully saturated rings. The van der Waals surface area contributed by atoms with Crippen LogP contribution in [0.1, 0.15) is 36.4 Å². The molecule has 1 aliphatic heterocycles. The van der Waals surface area contributed by atoms with Crippen molar-refractivity contribution in [3.63, 3.8) is 0 Å². The monoisotopic (exact) mass is 429 g/mol. The van der Waals surface area contributed by atoms with Crippen molar-refractivity contribution in [2.75, 3.05) is 17.2 Å². The zero-order valence-corrected chi connectivity index (χ0v) is 17.6. The van der Waals surface area contributed by atoms with Gasteiger partial charge in [-0.1, -0.05) is 23.8 Å². The molecule has 2 atom stereocenters. The first-order chi connectivity index (χ1) is 15.6. The Bertz CT molecular complexity index is 1310. The summed E-state index contributed by atoms with van der Waals surface area (Å²) >= 11 is 0. The lowest BCUT2D eigenvalue weighted by Crippen LogP contribution is -2.14. The lowest BCUT2D eigenvalue weighted by molar-refractivity contribution is -0.110. The predicted octanol–water partition coefficient (Wildman–Crippen LogP) is 2.89. The summed E-state index contributed by atoms with van der Waals surface area (Å²) in [5.41, 5.74) is 4.21. The van der Waals surface area contributed by atoms with Crippen LogP contribution < -0.4 is 10.6 Å². The largest absolute Gasteiger partial charge is 0.396 e. The van der Waals surface area contributed by atoms with Gasteiger partial charge in [-0.15, -0.1) is 0 Å². The molecule has 9 nitrogen and oxygen atoms in total. The van der Waals surface area contributed by atoms with Crippen molar-refractivity contribution in [1.82, 2.24) is 19.5 Å². The minimum Gasteiger partial charge on any atom is -0.396 e. The van der Waals surface area contributed by atoms with E-state index in [2.05, 4.69) is 31.7 Å². The number of carbonyl (C=O) groups excluding carboxylic acids is 1. The molecule has 9 heteroatoms. The molecule has 0 radical (unpaired) electrons. The fourth-order valence-electron chi connectivity index (χ4n) is 4.29. The highest BCUT2D eigenvalue weighted by Gasteiger charge is 2.29. The van der Waals surface area contributed by atoms with Gasteiger partial charge in [0.15, 0.2) is 17.0 Å². The first-order valence-corrected chi connectivity index (χ1v) is 10.9. The van der Waals surface area contributed by atoms with Gasteiger partial charge < -0.3 is 20.3 Å². The van der Waals surface area contributed by atoms with Gasteiger partial charge in [0.25, 0.3) is 11.9 Å². The first-order valence-electron chi connectivity index (χ1n) is 10.9. The van der Waals surface area contributed by atoms with E-state index in [4.69, 9.17) is 4.98 Å². The number of anilines is 2. The molecule has 0 saturated heterocycles. The number of nitrogens with zero attached hydrogens (tertiary/aromatic N) is 5. The number of hydrogen-bond acceptors (Lipinski definition) is 7. The number of carbonyl (C=O) groups is 1. The van der Waals surface area contributed by atoms with Crippen LogP contribution in [0.2, 0.25) is 0 Å². The molecule has 3 N–H and O–H groups in total. The Balaban J connectivity index is 1.47. The third-order valence-electron chi connectivity index (χ3n) is 6.17. The molecule has 0 bridgehead atoms. The molecule has 32 heavy (non-hydrogen) atoms. The van der Waals surface area contributed by atoms with Crippen molar-refractivity contribution in [1.29, 1.82) is 0 Å². The second-order valence-electron chi connectivity index (χ2n) is 8.71. The molecule has 1 saturated carbocycles.